The number of amides is 1. The molecule has 26 heavy (non-hydrogen) atoms. The molecule has 3 aromatic rings. The van der Waals surface area contributed by atoms with E-state index in [0.29, 0.717) is 17.1 Å². The Labute approximate surface area is 155 Å². The van der Waals surface area contributed by atoms with Gasteiger partial charge in [0.05, 0.1) is 30.7 Å². The van der Waals surface area contributed by atoms with Gasteiger partial charge in [0, 0.05) is 29.0 Å². The molecule has 1 aromatic carbocycles. The molecule has 0 radical (unpaired) electrons. The Balaban J connectivity index is 1.64. The molecule has 2 heterocycles. The largest absolute Gasteiger partial charge is 0.352 e. The second-order valence-electron chi connectivity index (χ2n) is 6.06. The van der Waals surface area contributed by atoms with Crippen molar-refractivity contribution in [1.29, 1.82) is 0 Å². The van der Waals surface area contributed by atoms with Gasteiger partial charge in [0.25, 0.3) is 0 Å². The van der Waals surface area contributed by atoms with Crippen LogP contribution >= 0.6 is 11.6 Å². The molecule has 6 nitrogen and oxygen atoms in total. The molecule has 0 aliphatic rings. The van der Waals surface area contributed by atoms with Crippen LogP contribution in [0, 0.1) is 19.7 Å². The molecule has 0 fully saturated rings. The topological polar surface area (TPSA) is 75.6 Å². The predicted octanol–water partition coefficient (Wildman–Crippen LogP) is 2.92. The zero-order valence-electron chi connectivity index (χ0n) is 14.5. The smallest absolute Gasteiger partial charge is 0.224 e. The lowest BCUT2D eigenvalue weighted by Crippen LogP contribution is -2.25. The third-order valence-electron chi connectivity index (χ3n) is 4.23. The van der Waals surface area contributed by atoms with Gasteiger partial charge in [-0.05, 0) is 31.5 Å². The van der Waals surface area contributed by atoms with E-state index in [9.17, 15) is 9.18 Å². The number of carbonyl (C=O) groups excluding carboxylic acids is 1. The minimum atomic E-state index is -0.402. The van der Waals surface area contributed by atoms with Gasteiger partial charge in [-0.1, -0.05) is 17.7 Å². The minimum absolute atomic E-state index is 0.143. The number of nitrogens with zero attached hydrogens (tertiary/aromatic N) is 3. The van der Waals surface area contributed by atoms with Gasteiger partial charge in [-0.3, -0.25) is 9.48 Å². The van der Waals surface area contributed by atoms with E-state index in [-0.39, 0.29) is 18.9 Å². The van der Waals surface area contributed by atoms with E-state index in [1.54, 1.807) is 12.4 Å². The highest BCUT2D eigenvalue weighted by atomic mass is 35.5. The summed E-state index contributed by atoms with van der Waals surface area (Å²) in [6, 6.07) is 4.12. The summed E-state index contributed by atoms with van der Waals surface area (Å²) in [7, 11) is 0. The Hall–Kier alpha value is -2.67. The summed E-state index contributed by atoms with van der Waals surface area (Å²) in [6.45, 7) is 4.61. The zero-order chi connectivity index (χ0) is 18.7. The van der Waals surface area contributed by atoms with Gasteiger partial charge >= 0.3 is 0 Å². The van der Waals surface area contributed by atoms with Gasteiger partial charge in [0.1, 0.15) is 5.82 Å². The van der Waals surface area contributed by atoms with E-state index in [1.165, 1.54) is 12.1 Å². The molecule has 8 heteroatoms. The molecular weight excluding hydrogens is 357 g/mol. The van der Waals surface area contributed by atoms with Crippen LogP contribution in [0.15, 0.2) is 30.7 Å². The van der Waals surface area contributed by atoms with E-state index in [1.807, 2.05) is 24.7 Å². The number of rotatable bonds is 6. The van der Waals surface area contributed by atoms with E-state index >= 15 is 0 Å². The van der Waals surface area contributed by atoms with Gasteiger partial charge in [-0.2, -0.15) is 5.10 Å². The van der Waals surface area contributed by atoms with Crippen molar-refractivity contribution in [2.75, 3.05) is 0 Å². The maximum absolute atomic E-state index is 13.1. The lowest BCUT2D eigenvalue weighted by atomic mass is 10.1. The van der Waals surface area contributed by atoms with Gasteiger partial charge in [-0.15, -0.1) is 0 Å². The van der Waals surface area contributed by atoms with Crippen molar-refractivity contribution in [3.63, 3.8) is 0 Å². The number of aromatic nitrogens is 4. The highest BCUT2D eigenvalue weighted by Crippen LogP contribution is 2.18. The number of nitrogens with one attached hydrogen (secondary N) is 2. The second-order valence-corrected chi connectivity index (χ2v) is 6.46. The van der Waals surface area contributed by atoms with Gasteiger partial charge in [0.15, 0.2) is 0 Å². The number of aryl methyl sites for hydroxylation is 1. The van der Waals surface area contributed by atoms with E-state index in [4.69, 9.17) is 11.6 Å². The van der Waals surface area contributed by atoms with Gasteiger partial charge in [0.2, 0.25) is 5.91 Å². The molecule has 0 aliphatic carbocycles. The van der Waals surface area contributed by atoms with E-state index in [2.05, 4.69) is 20.4 Å². The van der Waals surface area contributed by atoms with Crippen LogP contribution in [0.5, 0.6) is 0 Å². The van der Waals surface area contributed by atoms with Crippen molar-refractivity contribution in [3.8, 4) is 0 Å². The average Bonchev–Trinajstić information content (AvgIpc) is 3.18. The van der Waals surface area contributed by atoms with Crippen LogP contribution in [0.3, 0.4) is 0 Å². The summed E-state index contributed by atoms with van der Waals surface area (Å²) < 4.78 is 14.9. The van der Waals surface area contributed by atoms with Crippen LogP contribution in [0.4, 0.5) is 4.39 Å². The maximum atomic E-state index is 13.1. The number of hydrogen-bond donors (Lipinski definition) is 2. The van der Waals surface area contributed by atoms with Crippen LogP contribution in [-0.4, -0.2) is 25.7 Å². The molecule has 2 aromatic heterocycles. The Morgan fingerprint density at radius 2 is 2.19 bits per heavy atom. The predicted molar refractivity (Wildman–Crippen MR) is 96.4 cm³/mol. The molecule has 1 amide bonds. The highest BCUT2D eigenvalue weighted by molar-refractivity contribution is 6.31. The SMILES string of the molecule is Cc1nn(Cc2c[nH]cn2)c(C)c1CC(=O)NCc1ccc(F)cc1Cl. The number of benzene rings is 1. The molecular formula is C18H19ClFN5O. The summed E-state index contributed by atoms with van der Waals surface area (Å²) in [5.41, 5.74) is 4.18. The first-order valence-electron chi connectivity index (χ1n) is 8.15. The fourth-order valence-electron chi connectivity index (χ4n) is 2.76. The molecule has 136 valence electrons. The molecule has 2 N–H and O–H groups in total. The van der Waals surface area contributed by atoms with Crippen molar-refractivity contribution in [2.24, 2.45) is 0 Å². The lowest BCUT2D eigenvalue weighted by molar-refractivity contribution is -0.120. The van der Waals surface area contributed by atoms with E-state index < -0.39 is 5.82 Å². The van der Waals surface area contributed by atoms with Crippen molar-refractivity contribution in [1.82, 2.24) is 25.1 Å². The Morgan fingerprint density at radius 1 is 1.38 bits per heavy atom. The molecule has 0 bridgehead atoms. The lowest BCUT2D eigenvalue weighted by Gasteiger charge is -2.08. The number of H-pyrrole nitrogens is 1. The molecule has 0 atom stereocenters. The van der Waals surface area contributed by atoms with Crippen LogP contribution < -0.4 is 5.32 Å². The van der Waals surface area contributed by atoms with Crippen LogP contribution in [-0.2, 0) is 24.3 Å². The van der Waals surface area contributed by atoms with Crippen molar-refractivity contribution in [3.05, 3.63) is 69.8 Å². The molecule has 3 rings (SSSR count). The molecule has 0 saturated heterocycles. The standard InChI is InChI=1S/C18H19ClFN5O/c1-11-16(12(2)25(24-11)9-15-8-21-10-23-15)6-18(26)22-7-13-3-4-14(20)5-17(13)19/h3-5,8,10H,6-7,9H2,1-2H3,(H,21,23)(H,22,26). The quantitative estimate of drug-likeness (QED) is 0.695. The first-order valence-corrected chi connectivity index (χ1v) is 8.53. The first-order chi connectivity index (χ1) is 12.4. The number of hydrogen-bond acceptors (Lipinski definition) is 3. The summed E-state index contributed by atoms with van der Waals surface area (Å²) in [5, 5.41) is 7.61. The Bertz CT molecular complexity index is 920. The van der Waals surface area contributed by atoms with Gasteiger partial charge < -0.3 is 10.3 Å². The fourth-order valence-corrected chi connectivity index (χ4v) is 2.99. The summed E-state index contributed by atoms with van der Waals surface area (Å²) in [6.07, 6.45) is 3.66. The zero-order valence-corrected chi connectivity index (χ0v) is 15.3. The number of aromatic amines is 1. The fraction of sp³-hybridized carbons (Fsp3) is 0.278. The monoisotopic (exact) mass is 375 g/mol. The molecule has 0 aliphatic heterocycles. The number of carbonyl (C=O) groups is 1. The van der Waals surface area contributed by atoms with E-state index in [0.717, 1.165) is 22.6 Å². The van der Waals surface area contributed by atoms with Crippen molar-refractivity contribution in [2.45, 2.75) is 33.4 Å². The summed E-state index contributed by atoms with van der Waals surface area (Å²) in [5.74, 6) is -0.545. The first kappa shape index (κ1) is 18.1. The second kappa shape index (κ2) is 7.70. The van der Waals surface area contributed by atoms with Crippen LogP contribution in [0.25, 0.3) is 0 Å². The average molecular weight is 376 g/mol. The third-order valence-corrected chi connectivity index (χ3v) is 4.58. The number of halogens is 2. The summed E-state index contributed by atoms with van der Waals surface area (Å²) >= 11 is 5.98. The molecule has 0 saturated carbocycles. The summed E-state index contributed by atoms with van der Waals surface area (Å²) in [4.78, 5) is 19.4. The minimum Gasteiger partial charge on any atom is -0.352 e. The molecule has 0 spiro atoms. The highest BCUT2D eigenvalue weighted by Gasteiger charge is 2.16. The third kappa shape index (κ3) is 4.11. The van der Waals surface area contributed by atoms with Crippen molar-refractivity contribution < 1.29 is 9.18 Å². The molecule has 0 unspecified atom stereocenters. The maximum Gasteiger partial charge on any atom is 0.224 e. The van der Waals surface area contributed by atoms with Gasteiger partial charge in [-0.25, -0.2) is 9.37 Å². The Kier molecular flexibility index (Phi) is 5.37. The van der Waals surface area contributed by atoms with Crippen LogP contribution in [0.1, 0.15) is 28.2 Å². The Morgan fingerprint density at radius 3 is 2.88 bits per heavy atom. The van der Waals surface area contributed by atoms with Crippen molar-refractivity contribution >= 4 is 17.5 Å². The van der Waals surface area contributed by atoms with Crippen LogP contribution in [0.2, 0.25) is 5.02 Å². The number of imidazole rings is 1. The normalized spacial score (nSPS) is 10.9.